The van der Waals surface area contributed by atoms with Gasteiger partial charge in [0.2, 0.25) is 0 Å². The second-order valence-electron chi connectivity index (χ2n) is 7.38. The number of carbonyl (C=O) groups excluding carboxylic acids is 2. The van der Waals surface area contributed by atoms with E-state index in [4.69, 9.17) is 20.4 Å². The molecule has 1 N–H and O–H groups in total. The second-order valence-corrected chi connectivity index (χ2v) is 7.82. The molecule has 4 heterocycles. The van der Waals surface area contributed by atoms with Crippen LogP contribution in [0, 0.1) is 0 Å². The third kappa shape index (κ3) is 3.92. The summed E-state index contributed by atoms with van der Waals surface area (Å²) >= 11 is 5.97. The molecular weight excluding hydrogens is 432 g/mol. The van der Waals surface area contributed by atoms with Gasteiger partial charge in [0.05, 0.1) is 17.9 Å². The number of hydrogen-bond donors (Lipinski definition) is 1. The van der Waals surface area contributed by atoms with Crippen molar-refractivity contribution in [2.45, 2.75) is 0 Å². The number of nitrogens with one attached hydrogen (secondary N) is 1. The van der Waals surface area contributed by atoms with Crippen LogP contribution >= 0.6 is 11.6 Å². The Morgan fingerprint density at radius 3 is 2.31 bits per heavy atom. The highest BCUT2D eigenvalue weighted by atomic mass is 35.5. The molecule has 32 heavy (non-hydrogen) atoms. The molecule has 1 fully saturated rings. The van der Waals surface area contributed by atoms with Gasteiger partial charge in [0.1, 0.15) is 17.1 Å². The van der Waals surface area contributed by atoms with Crippen molar-refractivity contribution in [2.24, 2.45) is 0 Å². The second kappa shape index (κ2) is 8.39. The van der Waals surface area contributed by atoms with Crippen molar-refractivity contribution in [3.05, 3.63) is 77.5 Å². The van der Waals surface area contributed by atoms with E-state index in [9.17, 15) is 9.59 Å². The van der Waals surface area contributed by atoms with E-state index in [1.54, 1.807) is 52.5 Å². The molecular formula is C23H19ClN4O4. The average molecular weight is 451 g/mol. The molecule has 1 aromatic carbocycles. The van der Waals surface area contributed by atoms with Gasteiger partial charge in [-0.15, -0.1) is 0 Å². The van der Waals surface area contributed by atoms with Gasteiger partial charge in [-0.3, -0.25) is 9.59 Å². The SMILES string of the molecule is O=C(c1cc2occc2c(Nc2ccc(Cl)cc2)n1)N1CCN(C(=O)c2ccco2)CC1. The Balaban J connectivity index is 1.34. The number of carbonyl (C=O) groups is 2. The minimum absolute atomic E-state index is 0.174. The quantitative estimate of drug-likeness (QED) is 0.495. The molecule has 5 rings (SSSR count). The Bertz CT molecular complexity index is 1260. The van der Waals surface area contributed by atoms with E-state index in [2.05, 4.69) is 10.3 Å². The lowest BCUT2D eigenvalue weighted by Gasteiger charge is -2.34. The molecule has 0 atom stereocenters. The number of nitrogens with zero attached hydrogens (tertiary/aromatic N) is 3. The van der Waals surface area contributed by atoms with Crippen LogP contribution < -0.4 is 5.32 Å². The van der Waals surface area contributed by atoms with Crippen LogP contribution in [-0.2, 0) is 0 Å². The normalized spacial score (nSPS) is 14.0. The van der Waals surface area contributed by atoms with Crippen LogP contribution in [0.15, 0.2) is 69.9 Å². The Labute approximate surface area is 188 Å². The smallest absolute Gasteiger partial charge is 0.289 e. The van der Waals surface area contributed by atoms with Gasteiger partial charge in [0, 0.05) is 43.0 Å². The van der Waals surface area contributed by atoms with Crippen molar-refractivity contribution in [3.63, 3.8) is 0 Å². The first-order chi connectivity index (χ1) is 15.6. The maximum absolute atomic E-state index is 13.2. The van der Waals surface area contributed by atoms with Crippen LogP contribution in [0.25, 0.3) is 11.0 Å². The van der Waals surface area contributed by atoms with Crippen molar-refractivity contribution in [1.82, 2.24) is 14.8 Å². The zero-order chi connectivity index (χ0) is 22.1. The van der Waals surface area contributed by atoms with Crippen LogP contribution in [0.1, 0.15) is 21.0 Å². The number of halogens is 1. The van der Waals surface area contributed by atoms with Crippen molar-refractivity contribution < 1.29 is 18.4 Å². The summed E-state index contributed by atoms with van der Waals surface area (Å²) in [5.74, 6) is 0.431. The zero-order valence-electron chi connectivity index (χ0n) is 17.0. The predicted molar refractivity (Wildman–Crippen MR) is 119 cm³/mol. The van der Waals surface area contributed by atoms with Gasteiger partial charge >= 0.3 is 0 Å². The van der Waals surface area contributed by atoms with E-state index in [0.29, 0.717) is 48.4 Å². The molecule has 3 aromatic heterocycles. The third-order valence-electron chi connectivity index (χ3n) is 5.36. The number of furan rings is 2. The summed E-state index contributed by atoms with van der Waals surface area (Å²) in [6, 6.07) is 14.0. The molecule has 2 amide bonds. The van der Waals surface area contributed by atoms with E-state index in [0.717, 1.165) is 11.1 Å². The minimum Gasteiger partial charge on any atom is -0.464 e. The van der Waals surface area contributed by atoms with Crippen LogP contribution in [0.5, 0.6) is 0 Å². The molecule has 1 aliphatic rings. The van der Waals surface area contributed by atoms with E-state index in [-0.39, 0.29) is 17.5 Å². The number of benzene rings is 1. The number of pyridine rings is 1. The van der Waals surface area contributed by atoms with Crippen molar-refractivity contribution in [3.8, 4) is 0 Å². The topological polar surface area (TPSA) is 91.8 Å². The molecule has 0 bridgehead atoms. The lowest BCUT2D eigenvalue weighted by Crippen LogP contribution is -2.50. The molecule has 8 nitrogen and oxygen atoms in total. The van der Waals surface area contributed by atoms with E-state index >= 15 is 0 Å². The van der Waals surface area contributed by atoms with Gasteiger partial charge in [-0.1, -0.05) is 11.6 Å². The Hall–Kier alpha value is -3.78. The first-order valence-corrected chi connectivity index (χ1v) is 10.5. The van der Waals surface area contributed by atoms with Gasteiger partial charge in [-0.05, 0) is 42.5 Å². The Kier molecular flexibility index (Phi) is 5.28. The number of piperazine rings is 1. The maximum Gasteiger partial charge on any atom is 0.289 e. The van der Waals surface area contributed by atoms with Gasteiger partial charge < -0.3 is 24.0 Å². The summed E-state index contributed by atoms with van der Waals surface area (Å²) in [6.07, 6.45) is 3.03. The van der Waals surface area contributed by atoms with E-state index < -0.39 is 0 Å². The summed E-state index contributed by atoms with van der Waals surface area (Å²) < 4.78 is 10.7. The molecule has 0 saturated carbocycles. The molecule has 0 aliphatic carbocycles. The number of aromatic nitrogens is 1. The van der Waals surface area contributed by atoms with Gasteiger partial charge in [-0.2, -0.15) is 0 Å². The molecule has 0 spiro atoms. The van der Waals surface area contributed by atoms with Crippen LogP contribution in [0.2, 0.25) is 5.02 Å². The Morgan fingerprint density at radius 2 is 1.62 bits per heavy atom. The fraction of sp³-hybridized carbons (Fsp3) is 0.174. The number of amides is 2. The monoisotopic (exact) mass is 450 g/mol. The van der Waals surface area contributed by atoms with Crippen LogP contribution in [-0.4, -0.2) is 52.8 Å². The number of fused-ring (bicyclic) bond motifs is 1. The highest BCUT2D eigenvalue weighted by molar-refractivity contribution is 6.30. The van der Waals surface area contributed by atoms with Crippen LogP contribution in [0.4, 0.5) is 11.5 Å². The summed E-state index contributed by atoms with van der Waals surface area (Å²) in [4.78, 5) is 33.6. The van der Waals surface area contributed by atoms with Gasteiger partial charge in [0.25, 0.3) is 11.8 Å². The lowest BCUT2D eigenvalue weighted by atomic mass is 10.2. The molecule has 162 valence electrons. The molecule has 9 heteroatoms. The molecule has 4 aromatic rings. The maximum atomic E-state index is 13.2. The van der Waals surface area contributed by atoms with Gasteiger partial charge in [-0.25, -0.2) is 4.98 Å². The summed E-state index contributed by atoms with van der Waals surface area (Å²) in [5, 5.41) is 4.63. The average Bonchev–Trinajstić information content (AvgIpc) is 3.52. The zero-order valence-corrected chi connectivity index (χ0v) is 17.7. The lowest BCUT2D eigenvalue weighted by molar-refractivity contribution is 0.0515. The van der Waals surface area contributed by atoms with Crippen molar-refractivity contribution in [1.29, 1.82) is 0 Å². The van der Waals surface area contributed by atoms with Crippen molar-refractivity contribution in [2.75, 3.05) is 31.5 Å². The molecule has 1 saturated heterocycles. The fourth-order valence-electron chi connectivity index (χ4n) is 3.67. The molecule has 0 unspecified atom stereocenters. The first-order valence-electron chi connectivity index (χ1n) is 10.1. The predicted octanol–water partition coefficient (Wildman–Crippen LogP) is 4.42. The highest BCUT2D eigenvalue weighted by Gasteiger charge is 2.28. The molecule has 0 radical (unpaired) electrons. The Morgan fingerprint density at radius 1 is 0.906 bits per heavy atom. The standard InChI is InChI=1S/C23H19ClN4O4/c24-15-3-5-16(6-4-15)25-21-17-7-13-32-20(17)14-18(26-21)22(29)27-8-10-28(11-9-27)23(30)19-2-1-12-31-19/h1-7,12-14H,8-11H2,(H,25,26). The van der Waals surface area contributed by atoms with E-state index in [1.165, 1.54) is 6.26 Å². The van der Waals surface area contributed by atoms with Gasteiger partial charge in [0.15, 0.2) is 5.76 Å². The summed E-state index contributed by atoms with van der Waals surface area (Å²) in [5.41, 5.74) is 1.63. The minimum atomic E-state index is -0.215. The summed E-state index contributed by atoms with van der Waals surface area (Å²) in [6.45, 7) is 1.65. The molecule has 1 aliphatic heterocycles. The number of rotatable bonds is 4. The van der Waals surface area contributed by atoms with Crippen molar-refractivity contribution >= 4 is 45.9 Å². The number of hydrogen-bond acceptors (Lipinski definition) is 6. The highest BCUT2D eigenvalue weighted by Crippen LogP contribution is 2.28. The number of anilines is 2. The largest absolute Gasteiger partial charge is 0.464 e. The fourth-order valence-corrected chi connectivity index (χ4v) is 3.80. The third-order valence-corrected chi connectivity index (χ3v) is 5.61. The van der Waals surface area contributed by atoms with E-state index in [1.807, 2.05) is 12.1 Å². The first kappa shape index (κ1) is 20.1. The van der Waals surface area contributed by atoms with Crippen LogP contribution in [0.3, 0.4) is 0 Å². The summed E-state index contributed by atoms with van der Waals surface area (Å²) in [7, 11) is 0.